The van der Waals surface area contributed by atoms with Crippen molar-refractivity contribution in [3.05, 3.63) is 35.9 Å². The minimum Gasteiger partial charge on any atom is -0.460 e. The first kappa shape index (κ1) is 14.7. The SMILES string of the molecule is CC(C(O)O)C(C)(C)C(=O)OCc1ccccc1. The molecule has 0 aliphatic rings. The molecule has 1 rings (SSSR count). The van der Waals surface area contributed by atoms with Crippen LogP contribution in [0.15, 0.2) is 30.3 Å². The molecule has 1 atom stereocenters. The van der Waals surface area contributed by atoms with Gasteiger partial charge >= 0.3 is 5.97 Å². The average molecular weight is 252 g/mol. The van der Waals surface area contributed by atoms with Crippen LogP contribution in [-0.4, -0.2) is 22.5 Å². The Morgan fingerprint density at radius 2 is 1.83 bits per heavy atom. The third-order valence-electron chi connectivity index (χ3n) is 3.32. The summed E-state index contributed by atoms with van der Waals surface area (Å²) in [4.78, 5) is 11.9. The van der Waals surface area contributed by atoms with Crippen molar-refractivity contribution in [2.24, 2.45) is 11.3 Å². The molecule has 0 fully saturated rings. The Kier molecular flexibility index (Phi) is 4.87. The van der Waals surface area contributed by atoms with E-state index in [1.807, 2.05) is 30.3 Å². The highest BCUT2D eigenvalue weighted by Gasteiger charge is 2.38. The van der Waals surface area contributed by atoms with E-state index in [1.165, 1.54) is 0 Å². The van der Waals surface area contributed by atoms with Gasteiger partial charge in [0.2, 0.25) is 0 Å². The van der Waals surface area contributed by atoms with Crippen LogP contribution in [0.1, 0.15) is 26.3 Å². The monoisotopic (exact) mass is 252 g/mol. The normalized spacial score (nSPS) is 13.4. The van der Waals surface area contributed by atoms with Crippen molar-refractivity contribution in [1.82, 2.24) is 0 Å². The van der Waals surface area contributed by atoms with E-state index in [4.69, 9.17) is 14.9 Å². The first-order valence-electron chi connectivity index (χ1n) is 5.93. The molecule has 0 bridgehead atoms. The van der Waals surface area contributed by atoms with Gasteiger partial charge in [-0.2, -0.15) is 0 Å². The highest BCUT2D eigenvalue weighted by atomic mass is 16.5. The van der Waals surface area contributed by atoms with Gasteiger partial charge < -0.3 is 14.9 Å². The predicted molar refractivity (Wildman–Crippen MR) is 67.4 cm³/mol. The summed E-state index contributed by atoms with van der Waals surface area (Å²) < 4.78 is 5.20. The number of ether oxygens (including phenoxy) is 1. The van der Waals surface area contributed by atoms with E-state index in [9.17, 15) is 4.79 Å². The lowest BCUT2D eigenvalue weighted by Crippen LogP contribution is -2.39. The highest BCUT2D eigenvalue weighted by Crippen LogP contribution is 2.30. The summed E-state index contributed by atoms with van der Waals surface area (Å²) in [7, 11) is 0. The highest BCUT2D eigenvalue weighted by molar-refractivity contribution is 5.76. The second-order valence-electron chi connectivity index (χ2n) is 4.99. The molecule has 0 radical (unpaired) electrons. The molecule has 1 unspecified atom stereocenters. The maximum atomic E-state index is 11.9. The van der Waals surface area contributed by atoms with Crippen molar-refractivity contribution in [2.75, 3.05) is 0 Å². The Morgan fingerprint density at radius 3 is 2.33 bits per heavy atom. The molecular weight excluding hydrogens is 232 g/mol. The van der Waals surface area contributed by atoms with Crippen molar-refractivity contribution < 1.29 is 19.7 Å². The maximum absolute atomic E-state index is 11.9. The van der Waals surface area contributed by atoms with Gasteiger partial charge in [-0.15, -0.1) is 0 Å². The van der Waals surface area contributed by atoms with Gasteiger partial charge in [0.1, 0.15) is 6.61 Å². The van der Waals surface area contributed by atoms with Crippen molar-refractivity contribution in [1.29, 1.82) is 0 Å². The van der Waals surface area contributed by atoms with E-state index in [0.29, 0.717) is 0 Å². The van der Waals surface area contributed by atoms with Gasteiger partial charge in [0.25, 0.3) is 0 Å². The van der Waals surface area contributed by atoms with E-state index in [-0.39, 0.29) is 6.61 Å². The summed E-state index contributed by atoms with van der Waals surface area (Å²) in [5.74, 6) is -1.03. The molecule has 0 aromatic heterocycles. The lowest BCUT2D eigenvalue weighted by molar-refractivity contribution is -0.171. The van der Waals surface area contributed by atoms with Crippen molar-refractivity contribution in [2.45, 2.75) is 33.7 Å². The molecule has 0 aliphatic heterocycles. The standard InChI is InChI=1S/C14H20O4/c1-10(12(15)16)14(2,3)13(17)18-9-11-7-5-4-6-8-11/h4-8,10,12,15-16H,9H2,1-3H3. The van der Waals surface area contributed by atoms with Crippen LogP contribution in [0.2, 0.25) is 0 Å². The molecular formula is C14H20O4. The predicted octanol–water partition coefficient (Wildman–Crippen LogP) is 1.70. The van der Waals surface area contributed by atoms with Crippen molar-refractivity contribution >= 4 is 5.97 Å². The fourth-order valence-corrected chi connectivity index (χ4v) is 1.47. The Bertz CT molecular complexity index is 384. The van der Waals surface area contributed by atoms with Gasteiger partial charge in [-0.25, -0.2) is 0 Å². The number of hydrogen-bond acceptors (Lipinski definition) is 4. The number of aliphatic hydroxyl groups is 2. The zero-order chi connectivity index (χ0) is 13.8. The zero-order valence-electron chi connectivity index (χ0n) is 11.0. The molecule has 4 heteroatoms. The third kappa shape index (κ3) is 3.55. The van der Waals surface area contributed by atoms with Gasteiger partial charge in [-0.05, 0) is 19.4 Å². The second-order valence-corrected chi connectivity index (χ2v) is 4.99. The summed E-state index contributed by atoms with van der Waals surface area (Å²) in [6.45, 7) is 5.08. The Hall–Kier alpha value is -1.39. The smallest absolute Gasteiger partial charge is 0.312 e. The molecule has 0 spiro atoms. The van der Waals surface area contributed by atoms with E-state index in [1.54, 1.807) is 20.8 Å². The number of carbonyl (C=O) groups is 1. The van der Waals surface area contributed by atoms with Crippen molar-refractivity contribution in [3.63, 3.8) is 0 Å². The minimum atomic E-state index is -1.54. The molecule has 0 saturated carbocycles. The largest absolute Gasteiger partial charge is 0.460 e. The van der Waals surface area contributed by atoms with Gasteiger partial charge in [0.15, 0.2) is 6.29 Å². The molecule has 1 aromatic carbocycles. The summed E-state index contributed by atoms with van der Waals surface area (Å²) in [6.07, 6.45) is -1.54. The number of esters is 1. The molecule has 1 aromatic rings. The topological polar surface area (TPSA) is 66.8 Å². The van der Waals surface area contributed by atoms with Gasteiger partial charge in [0, 0.05) is 5.92 Å². The van der Waals surface area contributed by atoms with Crippen LogP contribution in [0.3, 0.4) is 0 Å². The number of carbonyl (C=O) groups excluding carboxylic acids is 1. The summed E-state index contributed by atoms with van der Waals surface area (Å²) in [6, 6.07) is 9.36. The van der Waals surface area contributed by atoms with E-state index >= 15 is 0 Å². The number of hydrogen-bond donors (Lipinski definition) is 2. The number of rotatable bonds is 5. The van der Waals surface area contributed by atoms with Crippen molar-refractivity contribution in [3.8, 4) is 0 Å². The molecule has 0 amide bonds. The fourth-order valence-electron chi connectivity index (χ4n) is 1.47. The molecule has 2 N–H and O–H groups in total. The number of aliphatic hydroxyl groups excluding tert-OH is 1. The molecule has 0 aliphatic carbocycles. The van der Waals surface area contributed by atoms with Gasteiger partial charge in [-0.3, -0.25) is 4.79 Å². The van der Waals surface area contributed by atoms with E-state index in [2.05, 4.69) is 0 Å². The maximum Gasteiger partial charge on any atom is 0.312 e. The van der Waals surface area contributed by atoms with Crippen LogP contribution in [-0.2, 0) is 16.1 Å². The van der Waals surface area contributed by atoms with Crippen LogP contribution in [0.25, 0.3) is 0 Å². The average Bonchev–Trinajstić information content (AvgIpc) is 2.35. The van der Waals surface area contributed by atoms with E-state index in [0.717, 1.165) is 5.56 Å². The third-order valence-corrected chi connectivity index (χ3v) is 3.32. The molecule has 4 nitrogen and oxygen atoms in total. The van der Waals surface area contributed by atoms with Crippen LogP contribution < -0.4 is 0 Å². The summed E-state index contributed by atoms with van der Waals surface area (Å²) in [5, 5.41) is 18.3. The first-order valence-corrected chi connectivity index (χ1v) is 5.93. The first-order chi connectivity index (χ1) is 8.35. The Balaban J connectivity index is 2.60. The molecule has 100 valence electrons. The van der Waals surface area contributed by atoms with Gasteiger partial charge in [0.05, 0.1) is 5.41 Å². The van der Waals surface area contributed by atoms with Gasteiger partial charge in [-0.1, -0.05) is 37.3 Å². The lowest BCUT2D eigenvalue weighted by atomic mass is 9.79. The van der Waals surface area contributed by atoms with E-state index < -0.39 is 23.6 Å². The lowest BCUT2D eigenvalue weighted by Gasteiger charge is -2.30. The van der Waals surface area contributed by atoms with Crippen LogP contribution in [0, 0.1) is 11.3 Å². The van der Waals surface area contributed by atoms with Crippen LogP contribution >= 0.6 is 0 Å². The molecule has 18 heavy (non-hydrogen) atoms. The number of benzene rings is 1. The molecule has 0 saturated heterocycles. The Labute approximate surface area is 107 Å². The van der Waals surface area contributed by atoms with Crippen LogP contribution in [0.5, 0.6) is 0 Å². The summed E-state index contributed by atoms with van der Waals surface area (Å²) in [5.41, 5.74) is -0.0398. The Morgan fingerprint density at radius 1 is 1.28 bits per heavy atom. The quantitative estimate of drug-likeness (QED) is 0.618. The zero-order valence-corrected chi connectivity index (χ0v) is 11.0. The summed E-state index contributed by atoms with van der Waals surface area (Å²) >= 11 is 0. The second kappa shape index (κ2) is 5.98. The fraction of sp³-hybridized carbons (Fsp3) is 0.500. The molecule has 0 heterocycles. The van der Waals surface area contributed by atoms with Crippen LogP contribution in [0.4, 0.5) is 0 Å². The minimum absolute atomic E-state index is 0.192.